The molecule has 1 N–H and O–H groups in total. The lowest BCUT2D eigenvalue weighted by Crippen LogP contribution is -2.36. The second-order valence-electron chi connectivity index (χ2n) is 3.15. The molecule has 5 heteroatoms. The van der Waals surface area contributed by atoms with Gasteiger partial charge in [0.05, 0.1) is 0 Å². The maximum absolute atomic E-state index is 10.9. The van der Waals surface area contributed by atoms with Crippen LogP contribution in [0.4, 0.5) is 0 Å². The summed E-state index contributed by atoms with van der Waals surface area (Å²) in [6.07, 6.45) is 10.3. The van der Waals surface area contributed by atoms with Gasteiger partial charge in [0.2, 0.25) is 5.88 Å². The van der Waals surface area contributed by atoms with Crippen molar-refractivity contribution in [1.82, 2.24) is 0 Å². The van der Waals surface area contributed by atoms with Crippen LogP contribution in [0.1, 0.15) is 20.8 Å². The monoisotopic (exact) mass is 232 g/mol. The first-order valence-corrected chi connectivity index (χ1v) is 6.24. The van der Waals surface area contributed by atoms with Gasteiger partial charge in [-0.3, -0.25) is 4.55 Å². The molecule has 0 saturated carbocycles. The Bertz CT molecular complexity index is 335. The van der Waals surface area contributed by atoms with E-state index >= 15 is 0 Å². The summed E-state index contributed by atoms with van der Waals surface area (Å²) in [5.41, 5.74) is 0. The normalized spacial score (nSPS) is 14.7. The zero-order valence-electron chi connectivity index (χ0n) is 9.29. The van der Waals surface area contributed by atoms with E-state index in [4.69, 9.17) is 4.55 Å². The van der Waals surface area contributed by atoms with Crippen molar-refractivity contribution in [3.8, 4) is 0 Å². The number of hydrogen-bond acceptors (Lipinski definition) is 2. The Kier molecular flexibility index (Phi) is 5.49. The lowest BCUT2D eigenvalue weighted by molar-refractivity contribution is -0.759. The zero-order valence-corrected chi connectivity index (χ0v) is 10.1. The summed E-state index contributed by atoms with van der Waals surface area (Å²) in [7, 11) is -4.03. The van der Waals surface area contributed by atoms with Crippen LogP contribution in [0.3, 0.4) is 0 Å². The highest BCUT2D eigenvalue weighted by molar-refractivity contribution is 7.85. The standard InChI is InChI=1S/C10H17NO3S/c1-4-7-11(8-5-2,9-6-3)10-15(12,13)14/h4-9H,10H2,1-3H3/p+1/b7-4+,8-5+,9-6+. The molecule has 0 aliphatic rings. The van der Waals surface area contributed by atoms with Gasteiger partial charge in [-0.25, -0.2) is 4.48 Å². The second-order valence-corrected chi connectivity index (χ2v) is 4.58. The van der Waals surface area contributed by atoms with Gasteiger partial charge in [0.25, 0.3) is 0 Å². The molecule has 0 atom stereocenters. The Hall–Kier alpha value is -0.910. The Morgan fingerprint density at radius 2 is 1.33 bits per heavy atom. The molecular formula is C10H18NO3S+. The maximum atomic E-state index is 10.9. The minimum Gasteiger partial charge on any atom is -0.281 e. The third-order valence-electron chi connectivity index (χ3n) is 1.67. The molecule has 0 bridgehead atoms. The molecule has 0 aliphatic heterocycles. The number of nitrogens with zero attached hydrogens (tertiary/aromatic N) is 1. The molecule has 0 unspecified atom stereocenters. The van der Waals surface area contributed by atoms with E-state index in [1.54, 1.807) is 57.6 Å². The highest BCUT2D eigenvalue weighted by atomic mass is 32.2. The van der Waals surface area contributed by atoms with Crippen molar-refractivity contribution in [2.24, 2.45) is 0 Å². The molecule has 0 radical (unpaired) electrons. The third kappa shape index (κ3) is 5.51. The fourth-order valence-corrected chi connectivity index (χ4v) is 2.22. The summed E-state index contributed by atoms with van der Waals surface area (Å²) in [5, 5.41) is 0. The minimum atomic E-state index is -4.03. The van der Waals surface area contributed by atoms with E-state index in [9.17, 15) is 8.42 Å². The highest BCUT2D eigenvalue weighted by Gasteiger charge is 2.25. The van der Waals surface area contributed by atoms with Crippen LogP contribution in [0.2, 0.25) is 0 Å². The summed E-state index contributed by atoms with van der Waals surface area (Å²) in [6, 6.07) is 0. The van der Waals surface area contributed by atoms with E-state index < -0.39 is 16.0 Å². The number of hydrogen-bond donors (Lipinski definition) is 1. The first kappa shape index (κ1) is 14.1. The van der Waals surface area contributed by atoms with E-state index in [0.717, 1.165) is 0 Å². The largest absolute Gasteiger partial charge is 0.317 e. The van der Waals surface area contributed by atoms with Crippen molar-refractivity contribution in [3.63, 3.8) is 0 Å². The van der Waals surface area contributed by atoms with Gasteiger partial charge >= 0.3 is 10.1 Å². The first-order chi connectivity index (χ1) is 6.89. The van der Waals surface area contributed by atoms with E-state index in [1.165, 1.54) is 0 Å². The van der Waals surface area contributed by atoms with Gasteiger partial charge in [0.1, 0.15) is 18.6 Å². The Labute approximate surface area is 91.6 Å². The second kappa shape index (κ2) is 5.85. The first-order valence-electron chi connectivity index (χ1n) is 4.63. The summed E-state index contributed by atoms with van der Waals surface area (Å²) in [4.78, 5) is 0. The number of rotatable bonds is 5. The predicted molar refractivity (Wildman–Crippen MR) is 61.1 cm³/mol. The average Bonchev–Trinajstić information content (AvgIpc) is 2.01. The highest BCUT2D eigenvalue weighted by Crippen LogP contribution is 2.14. The van der Waals surface area contributed by atoms with Gasteiger partial charge in [-0.05, 0) is 39.0 Å². The van der Waals surface area contributed by atoms with Crippen molar-refractivity contribution < 1.29 is 17.5 Å². The maximum Gasteiger partial charge on any atom is 0.317 e. The molecule has 15 heavy (non-hydrogen) atoms. The SMILES string of the molecule is C/C=C/[N+](/C=C/C)(/C=C/C)CS(=O)(=O)O. The Morgan fingerprint density at radius 3 is 1.53 bits per heavy atom. The van der Waals surface area contributed by atoms with Crippen molar-refractivity contribution in [2.45, 2.75) is 20.8 Å². The molecule has 86 valence electrons. The smallest absolute Gasteiger partial charge is 0.281 e. The van der Waals surface area contributed by atoms with Crippen LogP contribution in [-0.4, -0.2) is 23.3 Å². The van der Waals surface area contributed by atoms with Crippen LogP contribution in [0, 0.1) is 0 Å². The molecule has 0 aromatic carbocycles. The molecule has 0 spiro atoms. The van der Waals surface area contributed by atoms with Gasteiger partial charge in [0, 0.05) is 0 Å². The average molecular weight is 232 g/mol. The topological polar surface area (TPSA) is 54.4 Å². The van der Waals surface area contributed by atoms with Crippen molar-refractivity contribution in [3.05, 3.63) is 36.8 Å². The van der Waals surface area contributed by atoms with Crippen LogP contribution >= 0.6 is 0 Å². The quantitative estimate of drug-likeness (QED) is 0.584. The third-order valence-corrected chi connectivity index (χ3v) is 2.44. The molecule has 0 aromatic heterocycles. The molecule has 0 rings (SSSR count). The molecule has 0 aliphatic carbocycles. The Morgan fingerprint density at radius 1 is 1.00 bits per heavy atom. The summed E-state index contributed by atoms with van der Waals surface area (Å²) >= 11 is 0. The van der Waals surface area contributed by atoms with Crippen LogP contribution in [0.15, 0.2) is 36.8 Å². The Balaban J connectivity index is 5.31. The lowest BCUT2D eigenvalue weighted by atomic mass is 10.4. The van der Waals surface area contributed by atoms with Crippen molar-refractivity contribution in [2.75, 3.05) is 5.88 Å². The van der Waals surface area contributed by atoms with Gasteiger partial charge in [-0.15, -0.1) is 0 Å². The van der Waals surface area contributed by atoms with Gasteiger partial charge in [0.15, 0.2) is 0 Å². The molecule has 4 nitrogen and oxygen atoms in total. The molecule has 0 heterocycles. The fourth-order valence-electron chi connectivity index (χ4n) is 1.39. The van der Waals surface area contributed by atoms with Crippen LogP contribution < -0.4 is 0 Å². The van der Waals surface area contributed by atoms with Crippen LogP contribution in [-0.2, 0) is 10.1 Å². The van der Waals surface area contributed by atoms with E-state index in [-0.39, 0.29) is 4.48 Å². The molecule has 0 amide bonds. The van der Waals surface area contributed by atoms with Crippen molar-refractivity contribution in [1.29, 1.82) is 0 Å². The summed E-state index contributed by atoms with van der Waals surface area (Å²) in [6.45, 7) is 5.39. The molecule has 0 saturated heterocycles. The minimum absolute atomic E-state index is 0.0394. The number of quaternary nitrogens is 1. The van der Waals surface area contributed by atoms with Gasteiger partial charge < -0.3 is 0 Å². The predicted octanol–water partition coefficient (Wildman–Crippen LogP) is 2.25. The number of allylic oxidation sites excluding steroid dienone is 3. The summed E-state index contributed by atoms with van der Waals surface area (Å²) < 4.78 is 30.7. The molecule has 0 fully saturated rings. The zero-order chi connectivity index (χ0) is 11.9. The van der Waals surface area contributed by atoms with Gasteiger partial charge in [-0.2, -0.15) is 8.42 Å². The molecule has 0 aromatic rings. The van der Waals surface area contributed by atoms with Gasteiger partial charge in [-0.1, -0.05) is 0 Å². The van der Waals surface area contributed by atoms with Crippen LogP contribution in [0.5, 0.6) is 0 Å². The lowest BCUT2D eigenvalue weighted by Gasteiger charge is -2.24. The molecular weight excluding hydrogens is 214 g/mol. The fraction of sp³-hybridized carbons (Fsp3) is 0.400. The van der Waals surface area contributed by atoms with E-state index in [2.05, 4.69) is 0 Å². The summed E-state index contributed by atoms with van der Waals surface area (Å²) in [5.74, 6) is -0.397. The van der Waals surface area contributed by atoms with Crippen LogP contribution in [0.25, 0.3) is 0 Å². The van der Waals surface area contributed by atoms with E-state index in [1.807, 2.05) is 0 Å². The van der Waals surface area contributed by atoms with E-state index in [0.29, 0.717) is 0 Å². The van der Waals surface area contributed by atoms with Crippen molar-refractivity contribution >= 4 is 10.1 Å².